The summed E-state index contributed by atoms with van der Waals surface area (Å²) in [5, 5.41) is 6.16. The number of amides is 2. The topological polar surface area (TPSA) is 67.4 Å². The minimum Gasteiger partial charge on any atom is -0.481 e. The molecule has 0 spiro atoms. The van der Waals surface area contributed by atoms with E-state index in [1.54, 1.807) is 49.4 Å². The highest BCUT2D eigenvalue weighted by molar-refractivity contribution is 6.35. The molecule has 3 rings (SSSR count). The summed E-state index contributed by atoms with van der Waals surface area (Å²) in [6.07, 6.45) is -0.804. The molecule has 154 valence electrons. The Hall–Kier alpha value is -3.09. The second kappa shape index (κ2) is 9.61. The van der Waals surface area contributed by atoms with Gasteiger partial charge in [0.25, 0.3) is 11.8 Å². The van der Waals surface area contributed by atoms with Crippen LogP contribution in [0.3, 0.4) is 0 Å². The minimum atomic E-state index is -0.804. The van der Waals surface area contributed by atoms with Gasteiger partial charge in [-0.1, -0.05) is 23.2 Å². The number of nitrogens with one attached hydrogen (secondary N) is 2. The zero-order chi connectivity index (χ0) is 21.7. The molecule has 5 nitrogen and oxygen atoms in total. The van der Waals surface area contributed by atoms with E-state index >= 15 is 0 Å². The fraction of sp³-hybridized carbons (Fsp3) is 0.0909. The Morgan fingerprint density at radius 2 is 1.47 bits per heavy atom. The Labute approximate surface area is 182 Å². The van der Waals surface area contributed by atoms with Gasteiger partial charge in [-0.15, -0.1) is 0 Å². The van der Waals surface area contributed by atoms with E-state index in [1.807, 2.05) is 0 Å². The molecule has 0 aliphatic rings. The van der Waals surface area contributed by atoms with Crippen molar-refractivity contribution in [3.63, 3.8) is 0 Å². The van der Waals surface area contributed by atoms with Crippen molar-refractivity contribution >= 4 is 46.4 Å². The molecule has 3 aromatic rings. The van der Waals surface area contributed by atoms with Gasteiger partial charge in [0.1, 0.15) is 11.6 Å². The first kappa shape index (κ1) is 21.6. The average Bonchev–Trinajstić information content (AvgIpc) is 2.69. The maximum Gasteiger partial charge on any atom is 0.265 e. The zero-order valence-electron chi connectivity index (χ0n) is 15.8. The molecule has 2 N–H and O–H groups in total. The number of benzene rings is 3. The third kappa shape index (κ3) is 5.95. The highest BCUT2D eigenvalue weighted by Crippen LogP contribution is 2.23. The lowest BCUT2D eigenvalue weighted by Gasteiger charge is -2.15. The molecule has 0 saturated carbocycles. The first-order valence-corrected chi connectivity index (χ1v) is 9.66. The van der Waals surface area contributed by atoms with Crippen molar-refractivity contribution in [3.8, 4) is 5.75 Å². The van der Waals surface area contributed by atoms with E-state index in [9.17, 15) is 14.0 Å². The van der Waals surface area contributed by atoms with E-state index in [0.717, 1.165) is 0 Å². The van der Waals surface area contributed by atoms with Crippen molar-refractivity contribution in [1.29, 1.82) is 0 Å². The molecule has 0 fully saturated rings. The van der Waals surface area contributed by atoms with Crippen LogP contribution in [0.25, 0.3) is 0 Å². The number of hydrogen-bond donors (Lipinski definition) is 2. The molecule has 0 aliphatic heterocycles. The number of halogens is 3. The molecule has 0 saturated heterocycles. The summed E-state index contributed by atoms with van der Waals surface area (Å²) in [6, 6.07) is 16.5. The summed E-state index contributed by atoms with van der Waals surface area (Å²) in [7, 11) is 0. The number of carbonyl (C=O) groups excluding carboxylic acids is 2. The van der Waals surface area contributed by atoms with Crippen LogP contribution < -0.4 is 15.4 Å². The quantitative estimate of drug-likeness (QED) is 0.503. The monoisotopic (exact) mass is 446 g/mol. The third-order valence-electron chi connectivity index (χ3n) is 4.03. The number of ether oxygens (including phenoxy) is 1. The van der Waals surface area contributed by atoms with Crippen LogP contribution in [0, 0.1) is 5.82 Å². The van der Waals surface area contributed by atoms with Gasteiger partial charge in [-0.25, -0.2) is 4.39 Å². The smallest absolute Gasteiger partial charge is 0.265 e. The van der Waals surface area contributed by atoms with Gasteiger partial charge < -0.3 is 15.4 Å². The van der Waals surface area contributed by atoms with Gasteiger partial charge in [-0.3, -0.25) is 9.59 Å². The van der Waals surface area contributed by atoms with Gasteiger partial charge >= 0.3 is 0 Å². The lowest BCUT2D eigenvalue weighted by Crippen LogP contribution is -2.30. The Morgan fingerprint density at radius 3 is 2.07 bits per heavy atom. The van der Waals surface area contributed by atoms with Gasteiger partial charge in [0.2, 0.25) is 0 Å². The molecular weight excluding hydrogens is 430 g/mol. The molecule has 0 heterocycles. The van der Waals surface area contributed by atoms with Crippen LogP contribution in [0.15, 0.2) is 66.7 Å². The van der Waals surface area contributed by atoms with Crippen molar-refractivity contribution in [2.75, 3.05) is 10.6 Å². The molecule has 0 aliphatic carbocycles. The molecule has 0 radical (unpaired) electrons. The fourth-order valence-corrected chi connectivity index (χ4v) is 3.07. The molecule has 30 heavy (non-hydrogen) atoms. The van der Waals surface area contributed by atoms with Crippen LogP contribution in [-0.4, -0.2) is 17.9 Å². The second-order valence-corrected chi connectivity index (χ2v) is 7.27. The fourth-order valence-electron chi connectivity index (χ4n) is 2.55. The molecule has 1 unspecified atom stereocenters. The zero-order valence-corrected chi connectivity index (χ0v) is 17.3. The van der Waals surface area contributed by atoms with Crippen molar-refractivity contribution in [2.45, 2.75) is 13.0 Å². The molecular formula is C22H17Cl2FN2O3. The van der Waals surface area contributed by atoms with Gasteiger partial charge in [-0.2, -0.15) is 0 Å². The van der Waals surface area contributed by atoms with Crippen molar-refractivity contribution in [1.82, 2.24) is 0 Å². The maximum absolute atomic E-state index is 12.9. The van der Waals surface area contributed by atoms with Crippen LogP contribution >= 0.6 is 23.2 Å². The lowest BCUT2D eigenvalue weighted by molar-refractivity contribution is -0.122. The Balaban J connectivity index is 1.58. The van der Waals surface area contributed by atoms with E-state index in [0.29, 0.717) is 32.7 Å². The van der Waals surface area contributed by atoms with Crippen LogP contribution in [0.5, 0.6) is 5.75 Å². The van der Waals surface area contributed by atoms with E-state index < -0.39 is 6.10 Å². The summed E-state index contributed by atoms with van der Waals surface area (Å²) in [6.45, 7) is 1.59. The summed E-state index contributed by atoms with van der Waals surface area (Å²) < 4.78 is 18.6. The molecule has 0 bridgehead atoms. The first-order chi connectivity index (χ1) is 14.3. The standard InChI is InChI=1S/C22H17Cl2FN2O3/c1-13(21(28)27-19-11-15(23)10-16(24)12-19)30-20-8-2-14(3-9-20)22(29)26-18-6-4-17(25)5-7-18/h2-13H,1H3,(H,26,29)(H,27,28). The van der Waals surface area contributed by atoms with Crippen LogP contribution in [0.2, 0.25) is 10.0 Å². The summed E-state index contributed by atoms with van der Waals surface area (Å²) in [4.78, 5) is 24.6. The number of anilines is 2. The number of carbonyl (C=O) groups is 2. The minimum absolute atomic E-state index is 0.350. The van der Waals surface area contributed by atoms with Gasteiger partial charge in [-0.05, 0) is 73.7 Å². The van der Waals surface area contributed by atoms with E-state index in [4.69, 9.17) is 27.9 Å². The van der Waals surface area contributed by atoms with E-state index in [1.165, 1.54) is 24.3 Å². The van der Waals surface area contributed by atoms with Crippen LogP contribution in [0.1, 0.15) is 17.3 Å². The Morgan fingerprint density at radius 1 is 0.867 bits per heavy atom. The van der Waals surface area contributed by atoms with Crippen LogP contribution in [-0.2, 0) is 4.79 Å². The highest BCUT2D eigenvalue weighted by Gasteiger charge is 2.16. The Bertz CT molecular complexity index is 1040. The van der Waals surface area contributed by atoms with Gasteiger partial charge in [0.05, 0.1) is 0 Å². The van der Waals surface area contributed by atoms with E-state index in [2.05, 4.69) is 10.6 Å². The number of rotatable bonds is 6. The average molecular weight is 447 g/mol. The second-order valence-electron chi connectivity index (χ2n) is 6.39. The van der Waals surface area contributed by atoms with Crippen molar-refractivity contribution < 1.29 is 18.7 Å². The molecule has 0 aromatic heterocycles. The van der Waals surface area contributed by atoms with Gasteiger partial charge in [0.15, 0.2) is 6.10 Å². The van der Waals surface area contributed by atoms with E-state index in [-0.39, 0.29) is 17.6 Å². The predicted molar refractivity (Wildman–Crippen MR) is 116 cm³/mol. The lowest BCUT2D eigenvalue weighted by atomic mass is 10.2. The Kier molecular flexibility index (Phi) is 6.92. The predicted octanol–water partition coefficient (Wildman–Crippen LogP) is 5.79. The largest absolute Gasteiger partial charge is 0.481 e. The van der Waals surface area contributed by atoms with Gasteiger partial charge in [0, 0.05) is 27.0 Å². The summed E-state index contributed by atoms with van der Waals surface area (Å²) in [5.74, 6) is -0.700. The maximum atomic E-state index is 12.9. The summed E-state index contributed by atoms with van der Waals surface area (Å²) in [5.41, 5.74) is 1.33. The number of hydrogen-bond acceptors (Lipinski definition) is 3. The highest BCUT2D eigenvalue weighted by atomic mass is 35.5. The molecule has 8 heteroatoms. The normalized spacial score (nSPS) is 11.5. The van der Waals surface area contributed by atoms with Crippen molar-refractivity contribution in [2.24, 2.45) is 0 Å². The molecule has 2 amide bonds. The SMILES string of the molecule is CC(Oc1ccc(C(=O)Nc2ccc(F)cc2)cc1)C(=O)Nc1cc(Cl)cc(Cl)c1. The van der Waals surface area contributed by atoms with Crippen molar-refractivity contribution in [3.05, 3.63) is 88.2 Å². The molecule has 1 atom stereocenters. The molecule has 3 aromatic carbocycles. The first-order valence-electron chi connectivity index (χ1n) is 8.91. The summed E-state index contributed by atoms with van der Waals surface area (Å²) >= 11 is 11.8. The van der Waals surface area contributed by atoms with Crippen LogP contribution in [0.4, 0.5) is 15.8 Å². The third-order valence-corrected chi connectivity index (χ3v) is 4.47.